The number of carbonyl (C=O) groups excluding carboxylic acids is 3. The molecule has 1 aromatic carbocycles. The Morgan fingerprint density at radius 2 is 1.80 bits per heavy atom. The van der Waals surface area contributed by atoms with Gasteiger partial charge in [-0.25, -0.2) is 0 Å². The molecular weight excluding hydrogens is 464 g/mol. The molecule has 0 aliphatic carbocycles. The number of nitrogens with one attached hydrogen (secondary N) is 1. The summed E-state index contributed by atoms with van der Waals surface area (Å²) in [4.78, 5) is 45.7. The number of hydrogen-bond acceptors (Lipinski definition) is 7. The number of fused-ring (bicyclic) bond motifs is 1. The first-order valence-corrected chi connectivity index (χ1v) is 13.7. The summed E-state index contributed by atoms with van der Waals surface area (Å²) >= 11 is 1.62. The van der Waals surface area contributed by atoms with Gasteiger partial charge in [0.15, 0.2) is 5.78 Å². The van der Waals surface area contributed by atoms with Gasteiger partial charge in [0.2, 0.25) is 5.91 Å². The van der Waals surface area contributed by atoms with Crippen molar-refractivity contribution in [3.63, 3.8) is 0 Å². The zero-order chi connectivity index (χ0) is 25.3. The van der Waals surface area contributed by atoms with Gasteiger partial charge in [-0.1, -0.05) is 20.8 Å². The summed E-state index contributed by atoms with van der Waals surface area (Å²) in [5.41, 5.74) is 1.44. The van der Waals surface area contributed by atoms with Crippen molar-refractivity contribution < 1.29 is 19.1 Å². The minimum atomic E-state index is -0.713. The molecule has 1 aromatic rings. The number of likely N-dealkylation sites (N-methyl/N-ethyl adjacent to an activating group) is 1. The van der Waals surface area contributed by atoms with Crippen molar-refractivity contribution in [2.24, 2.45) is 5.41 Å². The fourth-order valence-electron chi connectivity index (χ4n) is 5.19. The number of benzene rings is 1. The summed E-state index contributed by atoms with van der Waals surface area (Å²) in [6.07, 6.45) is 2.18. The van der Waals surface area contributed by atoms with Gasteiger partial charge in [0.05, 0.1) is 11.4 Å². The average molecular weight is 503 g/mol. The molecule has 0 bridgehead atoms. The van der Waals surface area contributed by atoms with Crippen LogP contribution >= 0.6 is 11.8 Å². The number of nitrogens with zero attached hydrogens (tertiary/aromatic N) is 3. The van der Waals surface area contributed by atoms with E-state index in [-0.39, 0.29) is 41.0 Å². The fourth-order valence-corrected chi connectivity index (χ4v) is 5.99. The largest absolute Gasteiger partial charge is 0.369 e. The van der Waals surface area contributed by atoms with Gasteiger partial charge in [0.1, 0.15) is 18.7 Å². The Hall–Kier alpha value is -2.10. The SMILES string of the molecule is CS[C@H]1CN(C(=O)C(CC(C)(C)C)NC(=O)c2ccc(N3CCN(C)CC3)cc2)[C@@H]2C(=O)CO[C@H]12. The molecule has 0 saturated carbocycles. The van der Waals surface area contributed by atoms with Crippen LogP contribution in [0.25, 0.3) is 0 Å². The van der Waals surface area contributed by atoms with Crippen molar-refractivity contribution in [3.05, 3.63) is 29.8 Å². The molecule has 2 amide bonds. The smallest absolute Gasteiger partial charge is 0.251 e. The number of ether oxygens (including phenoxy) is 1. The maximum Gasteiger partial charge on any atom is 0.251 e. The quantitative estimate of drug-likeness (QED) is 0.636. The van der Waals surface area contributed by atoms with Crippen LogP contribution in [-0.2, 0) is 14.3 Å². The van der Waals surface area contributed by atoms with Gasteiger partial charge < -0.3 is 24.8 Å². The van der Waals surface area contributed by atoms with Crippen molar-refractivity contribution >= 4 is 35.0 Å². The van der Waals surface area contributed by atoms with Gasteiger partial charge in [-0.3, -0.25) is 14.4 Å². The second kappa shape index (κ2) is 10.5. The summed E-state index contributed by atoms with van der Waals surface area (Å²) < 4.78 is 5.71. The summed E-state index contributed by atoms with van der Waals surface area (Å²) in [5, 5.41) is 3.05. The van der Waals surface area contributed by atoms with E-state index in [0.717, 1.165) is 31.9 Å². The Labute approximate surface area is 212 Å². The number of thioether (sulfide) groups is 1. The van der Waals surface area contributed by atoms with Crippen molar-refractivity contribution in [3.8, 4) is 0 Å². The molecule has 1 unspecified atom stereocenters. The summed E-state index contributed by atoms with van der Waals surface area (Å²) in [6.45, 7) is 10.6. The van der Waals surface area contributed by atoms with Gasteiger partial charge >= 0.3 is 0 Å². The van der Waals surface area contributed by atoms with Gasteiger partial charge in [-0.05, 0) is 49.4 Å². The standard InChI is InChI=1S/C26H38N4O4S/c1-26(2,3)14-19(25(33)30-15-21(35-5)23-22(30)20(31)16-34-23)27-24(32)17-6-8-18(9-7-17)29-12-10-28(4)11-13-29/h6-9,19,21-23H,10-16H2,1-5H3,(H,27,32)/t19?,21-,22+,23+/m0/s1. The molecule has 3 heterocycles. The van der Waals surface area contributed by atoms with Gasteiger partial charge in [-0.2, -0.15) is 11.8 Å². The van der Waals surface area contributed by atoms with Crippen LogP contribution in [0.4, 0.5) is 5.69 Å². The molecule has 3 aliphatic rings. The van der Waals surface area contributed by atoms with E-state index in [0.29, 0.717) is 18.5 Å². The van der Waals surface area contributed by atoms with Crippen molar-refractivity contribution in [1.29, 1.82) is 0 Å². The first-order valence-electron chi connectivity index (χ1n) is 12.4. The molecule has 3 saturated heterocycles. The normalized spacial score (nSPS) is 26.1. The van der Waals surface area contributed by atoms with E-state index in [1.54, 1.807) is 16.7 Å². The molecule has 35 heavy (non-hydrogen) atoms. The average Bonchev–Trinajstić information content (AvgIpc) is 3.38. The summed E-state index contributed by atoms with van der Waals surface area (Å²) in [6, 6.07) is 6.33. The number of anilines is 1. The number of ketones is 1. The monoisotopic (exact) mass is 502 g/mol. The van der Waals surface area contributed by atoms with Crippen LogP contribution in [0.2, 0.25) is 0 Å². The first kappa shape index (κ1) is 26.0. The highest BCUT2D eigenvalue weighted by atomic mass is 32.2. The van der Waals surface area contributed by atoms with Crippen LogP contribution in [0.1, 0.15) is 37.6 Å². The molecule has 4 rings (SSSR count). The Kier molecular flexibility index (Phi) is 7.78. The Morgan fingerprint density at radius 1 is 1.14 bits per heavy atom. The number of piperazine rings is 1. The van der Waals surface area contributed by atoms with Crippen molar-refractivity contribution in [2.45, 2.75) is 50.6 Å². The van der Waals surface area contributed by atoms with Gasteiger partial charge in [0.25, 0.3) is 5.91 Å². The van der Waals surface area contributed by atoms with E-state index in [1.807, 2.05) is 51.3 Å². The minimum absolute atomic E-state index is 0.0477. The molecule has 0 spiro atoms. The lowest BCUT2D eigenvalue weighted by Gasteiger charge is -2.34. The molecular formula is C26H38N4O4S. The Balaban J connectivity index is 1.48. The van der Waals surface area contributed by atoms with Gasteiger partial charge in [-0.15, -0.1) is 0 Å². The van der Waals surface area contributed by atoms with Crippen molar-refractivity contribution in [1.82, 2.24) is 15.1 Å². The minimum Gasteiger partial charge on any atom is -0.369 e. The maximum atomic E-state index is 13.7. The number of Topliss-reactive ketones (excluding diaryl/α,β-unsaturated/α-hetero) is 1. The lowest BCUT2D eigenvalue weighted by Crippen LogP contribution is -2.53. The number of rotatable bonds is 6. The molecule has 4 atom stereocenters. The topological polar surface area (TPSA) is 82.2 Å². The number of likely N-dealkylation sites (tertiary alicyclic amines) is 1. The van der Waals surface area contributed by atoms with E-state index < -0.39 is 12.1 Å². The predicted molar refractivity (Wildman–Crippen MR) is 139 cm³/mol. The molecule has 8 nitrogen and oxygen atoms in total. The number of hydrogen-bond donors (Lipinski definition) is 1. The Bertz CT molecular complexity index is 940. The molecule has 9 heteroatoms. The van der Waals surface area contributed by atoms with Crippen molar-refractivity contribution in [2.75, 3.05) is 57.5 Å². The molecule has 3 fully saturated rings. The predicted octanol–water partition coefficient (Wildman–Crippen LogP) is 1.88. The second-order valence-corrected chi connectivity index (χ2v) is 12.2. The molecule has 1 N–H and O–H groups in total. The lowest BCUT2D eigenvalue weighted by atomic mass is 9.87. The van der Waals surface area contributed by atoms with Crippen LogP contribution in [-0.4, -0.2) is 103 Å². The van der Waals surface area contributed by atoms with Crippen LogP contribution in [0, 0.1) is 5.41 Å². The summed E-state index contributed by atoms with van der Waals surface area (Å²) in [7, 11) is 2.12. The fraction of sp³-hybridized carbons (Fsp3) is 0.654. The second-order valence-electron chi connectivity index (χ2n) is 11.1. The third-order valence-electron chi connectivity index (χ3n) is 7.14. The van der Waals surface area contributed by atoms with E-state index in [2.05, 4.69) is 22.2 Å². The van der Waals surface area contributed by atoms with Crippen LogP contribution in [0.3, 0.4) is 0 Å². The summed E-state index contributed by atoms with van der Waals surface area (Å²) in [5.74, 6) is -0.531. The maximum absolute atomic E-state index is 13.7. The van der Waals surface area contributed by atoms with E-state index in [4.69, 9.17) is 4.74 Å². The highest BCUT2D eigenvalue weighted by molar-refractivity contribution is 7.99. The third kappa shape index (κ3) is 5.84. The van der Waals surface area contributed by atoms with Crippen LogP contribution in [0.5, 0.6) is 0 Å². The molecule has 0 radical (unpaired) electrons. The Morgan fingerprint density at radius 3 is 2.40 bits per heavy atom. The number of carbonyl (C=O) groups is 3. The van der Waals surface area contributed by atoms with E-state index in [1.165, 1.54) is 0 Å². The van der Waals surface area contributed by atoms with E-state index >= 15 is 0 Å². The van der Waals surface area contributed by atoms with Crippen LogP contribution < -0.4 is 10.2 Å². The zero-order valence-corrected chi connectivity index (χ0v) is 22.3. The molecule has 0 aromatic heterocycles. The highest BCUT2D eigenvalue weighted by Crippen LogP contribution is 2.34. The lowest BCUT2D eigenvalue weighted by molar-refractivity contribution is -0.138. The number of amides is 2. The van der Waals surface area contributed by atoms with Gasteiger partial charge in [0, 0.05) is 44.0 Å². The zero-order valence-electron chi connectivity index (χ0n) is 21.5. The molecule has 192 valence electrons. The molecule has 3 aliphatic heterocycles. The third-order valence-corrected chi connectivity index (χ3v) is 8.16. The van der Waals surface area contributed by atoms with Crippen LogP contribution in [0.15, 0.2) is 24.3 Å². The highest BCUT2D eigenvalue weighted by Gasteiger charge is 2.53. The first-order chi connectivity index (χ1) is 16.6. The van der Waals surface area contributed by atoms with E-state index in [9.17, 15) is 14.4 Å².